The van der Waals surface area contributed by atoms with Gasteiger partial charge >= 0.3 is 12.0 Å². The van der Waals surface area contributed by atoms with Gasteiger partial charge in [-0.15, -0.1) is 0 Å². The smallest absolute Gasteiger partial charge is 0.330 e. The van der Waals surface area contributed by atoms with Crippen molar-refractivity contribution in [3.05, 3.63) is 35.9 Å². The van der Waals surface area contributed by atoms with Crippen LogP contribution in [-0.4, -0.2) is 49.2 Å². The molecule has 26 heavy (non-hydrogen) atoms. The highest BCUT2D eigenvalue weighted by molar-refractivity contribution is 5.90. The Balaban J connectivity index is 1.72. The SMILES string of the molecule is CCOC(=O)/C=C/c1ccc(NC(=O)NCCN2CCCC[C@@H]2C)cc1. The Morgan fingerprint density at radius 2 is 2.04 bits per heavy atom. The minimum atomic E-state index is -0.364. The third-order valence-electron chi connectivity index (χ3n) is 4.49. The van der Waals surface area contributed by atoms with Crippen LogP contribution < -0.4 is 10.6 Å². The summed E-state index contributed by atoms with van der Waals surface area (Å²) in [6, 6.07) is 7.67. The van der Waals surface area contributed by atoms with Crippen molar-refractivity contribution in [1.82, 2.24) is 10.2 Å². The first-order chi connectivity index (χ1) is 12.6. The van der Waals surface area contributed by atoms with Crippen LogP contribution in [0.2, 0.25) is 0 Å². The first-order valence-electron chi connectivity index (χ1n) is 9.32. The number of ether oxygens (including phenoxy) is 1. The van der Waals surface area contributed by atoms with Crippen molar-refractivity contribution >= 4 is 23.8 Å². The average Bonchev–Trinajstić information content (AvgIpc) is 2.63. The fraction of sp³-hybridized carbons (Fsp3) is 0.500. The summed E-state index contributed by atoms with van der Waals surface area (Å²) in [5, 5.41) is 5.72. The number of carbonyl (C=O) groups is 2. The maximum Gasteiger partial charge on any atom is 0.330 e. The largest absolute Gasteiger partial charge is 0.463 e. The van der Waals surface area contributed by atoms with Gasteiger partial charge in [0, 0.05) is 30.9 Å². The van der Waals surface area contributed by atoms with Crippen LogP contribution in [0.15, 0.2) is 30.3 Å². The summed E-state index contributed by atoms with van der Waals surface area (Å²) >= 11 is 0. The Labute approximate surface area is 155 Å². The van der Waals surface area contributed by atoms with E-state index in [9.17, 15) is 9.59 Å². The average molecular weight is 359 g/mol. The number of rotatable bonds is 7. The zero-order valence-electron chi connectivity index (χ0n) is 15.7. The molecule has 0 spiro atoms. The second-order valence-corrected chi connectivity index (χ2v) is 6.47. The van der Waals surface area contributed by atoms with Gasteiger partial charge in [-0.3, -0.25) is 4.90 Å². The number of nitrogens with zero attached hydrogens (tertiary/aromatic N) is 1. The number of amides is 2. The van der Waals surface area contributed by atoms with Crippen molar-refractivity contribution in [1.29, 1.82) is 0 Å². The lowest BCUT2D eigenvalue weighted by molar-refractivity contribution is -0.137. The predicted octanol–water partition coefficient (Wildman–Crippen LogP) is 3.26. The molecule has 0 aliphatic carbocycles. The van der Waals surface area contributed by atoms with Crippen LogP contribution in [0.3, 0.4) is 0 Å². The van der Waals surface area contributed by atoms with E-state index in [0.29, 0.717) is 24.9 Å². The van der Waals surface area contributed by atoms with Crippen molar-refractivity contribution in [2.24, 2.45) is 0 Å². The van der Waals surface area contributed by atoms with Crippen LogP contribution in [0.4, 0.5) is 10.5 Å². The third-order valence-corrected chi connectivity index (χ3v) is 4.49. The number of esters is 1. The van der Waals surface area contributed by atoms with Crippen molar-refractivity contribution in [2.45, 2.75) is 39.2 Å². The monoisotopic (exact) mass is 359 g/mol. The minimum absolute atomic E-state index is 0.204. The van der Waals surface area contributed by atoms with E-state index in [1.807, 2.05) is 12.1 Å². The molecule has 1 fully saturated rings. The van der Waals surface area contributed by atoms with Gasteiger partial charge in [0.15, 0.2) is 0 Å². The molecule has 1 atom stereocenters. The van der Waals surface area contributed by atoms with Crippen LogP contribution >= 0.6 is 0 Å². The Hall–Kier alpha value is -2.34. The second-order valence-electron chi connectivity index (χ2n) is 6.47. The number of nitrogens with one attached hydrogen (secondary N) is 2. The first kappa shape index (κ1) is 20.0. The Morgan fingerprint density at radius 3 is 2.73 bits per heavy atom. The lowest BCUT2D eigenvalue weighted by Gasteiger charge is -2.33. The molecule has 0 saturated carbocycles. The van der Waals surface area contributed by atoms with E-state index < -0.39 is 0 Å². The number of piperidine rings is 1. The molecule has 6 nitrogen and oxygen atoms in total. The fourth-order valence-electron chi connectivity index (χ4n) is 3.01. The molecule has 142 valence electrons. The summed E-state index contributed by atoms with van der Waals surface area (Å²) in [4.78, 5) is 25.7. The van der Waals surface area contributed by atoms with Crippen molar-refractivity contribution in [3.63, 3.8) is 0 Å². The van der Waals surface area contributed by atoms with Crippen molar-refractivity contribution < 1.29 is 14.3 Å². The van der Waals surface area contributed by atoms with Crippen molar-refractivity contribution in [2.75, 3.05) is 31.6 Å². The number of carbonyl (C=O) groups excluding carboxylic acids is 2. The number of hydrogen-bond donors (Lipinski definition) is 2. The molecule has 0 aromatic heterocycles. The predicted molar refractivity (Wildman–Crippen MR) is 104 cm³/mol. The number of anilines is 1. The standard InChI is InChI=1S/C20H29N3O3/c1-3-26-19(24)12-9-17-7-10-18(11-8-17)22-20(25)21-13-15-23-14-5-4-6-16(23)2/h7-12,16H,3-6,13-15H2,1-2H3,(H2,21,22,25)/b12-9+/t16-/m0/s1. The van der Waals surface area contributed by atoms with E-state index in [2.05, 4.69) is 22.5 Å². The topological polar surface area (TPSA) is 70.7 Å². The highest BCUT2D eigenvalue weighted by Crippen LogP contribution is 2.15. The van der Waals surface area contributed by atoms with E-state index in [-0.39, 0.29) is 12.0 Å². The van der Waals surface area contributed by atoms with Crippen LogP contribution in [0.5, 0.6) is 0 Å². The van der Waals surface area contributed by atoms with E-state index in [1.54, 1.807) is 25.1 Å². The zero-order valence-corrected chi connectivity index (χ0v) is 15.7. The Morgan fingerprint density at radius 1 is 1.27 bits per heavy atom. The van der Waals surface area contributed by atoms with Gasteiger partial charge in [0.25, 0.3) is 0 Å². The highest BCUT2D eigenvalue weighted by Gasteiger charge is 2.17. The summed E-state index contributed by atoms with van der Waals surface area (Å²) in [6.45, 7) is 7.01. The molecule has 0 radical (unpaired) electrons. The Kier molecular flexibility index (Phi) is 8.15. The molecule has 0 unspecified atom stereocenters. The van der Waals surface area contributed by atoms with E-state index in [0.717, 1.165) is 18.7 Å². The molecule has 1 aliphatic rings. The van der Waals surface area contributed by atoms with Gasteiger partial charge in [0.1, 0.15) is 0 Å². The molecule has 2 amide bonds. The van der Waals surface area contributed by atoms with Crippen LogP contribution in [0.25, 0.3) is 6.08 Å². The molecule has 1 aliphatic heterocycles. The normalized spacial score (nSPS) is 17.8. The summed E-state index contributed by atoms with van der Waals surface area (Å²) in [6.07, 6.45) is 6.86. The quantitative estimate of drug-likeness (QED) is 0.579. The number of hydrogen-bond acceptors (Lipinski definition) is 4. The first-order valence-corrected chi connectivity index (χ1v) is 9.32. The molecule has 0 bridgehead atoms. The molecule has 2 N–H and O–H groups in total. The lowest BCUT2D eigenvalue weighted by atomic mass is 10.0. The number of likely N-dealkylation sites (tertiary alicyclic amines) is 1. The Bertz CT molecular complexity index is 613. The van der Waals surface area contributed by atoms with E-state index in [1.165, 1.54) is 25.3 Å². The maximum atomic E-state index is 12.0. The van der Waals surface area contributed by atoms with Gasteiger partial charge in [0.05, 0.1) is 6.61 Å². The van der Waals surface area contributed by atoms with E-state index in [4.69, 9.17) is 4.74 Å². The van der Waals surface area contributed by atoms with Crippen LogP contribution in [0, 0.1) is 0 Å². The van der Waals surface area contributed by atoms with Gasteiger partial charge in [0.2, 0.25) is 0 Å². The van der Waals surface area contributed by atoms with Gasteiger partial charge < -0.3 is 15.4 Å². The summed E-state index contributed by atoms with van der Waals surface area (Å²) < 4.78 is 4.83. The van der Waals surface area contributed by atoms with Gasteiger partial charge in [-0.1, -0.05) is 18.6 Å². The fourth-order valence-corrected chi connectivity index (χ4v) is 3.01. The molecule has 1 heterocycles. The minimum Gasteiger partial charge on any atom is -0.463 e. The number of benzene rings is 1. The third kappa shape index (κ3) is 6.88. The maximum absolute atomic E-state index is 12.0. The highest BCUT2D eigenvalue weighted by atomic mass is 16.5. The molecular weight excluding hydrogens is 330 g/mol. The van der Waals surface area contributed by atoms with Gasteiger partial charge in [-0.25, -0.2) is 9.59 Å². The molecule has 2 rings (SSSR count). The van der Waals surface area contributed by atoms with E-state index >= 15 is 0 Å². The summed E-state index contributed by atoms with van der Waals surface area (Å²) in [5.74, 6) is -0.364. The van der Waals surface area contributed by atoms with Crippen LogP contribution in [0.1, 0.15) is 38.7 Å². The molecule has 1 aromatic carbocycles. The van der Waals surface area contributed by atoms with Gasteiger partial charge in [-0.2, -0.15) is 0 Å². The number of urea groups is 1. The van der Waals surface area contributed by atoms with Crippen molar-refractivity contribution in [3.8, 4) is 0 Å². The second kappa shape index (κ2) is 10.6. The molecule has 1 saturated heterocycles. The lowest BCUT2D eigenvalue weighted by Crippen LogP contribution is -2.43. The molecule has 1 aromatic rings. The zero-order chi connectivity index (χ0) is 18.8. The van der Waals surface area contributed by atoms with Gasteiger partial charge in [-0.05, 0) is 57.0 Å². The molecular formula is C20H29N3O3. The van der Waals surface area contributed by atoms with Crippen LogP contribution in [-0.2, 0) is 9.53 Å². The summed E-state index contributed by atoms with van der Waals surface area (Å²) in [5.41, 5.74) is 1.57. The molecule has 6 heteroatoms. The summed E-state index contributed by atoms with van der Waals surface area (Å²) in [7, 11) is 0.